The highest BCUT2D eigenvalue weighted by atomic mass is 16.5. The van der Waals surface area contributed by atoms with Crippen molar-refractivity contribution >= 4 is 22.4 Å². The third kappa shape index (κ3) is 2.92. The van der Waals surface area contributed by atoms with Crippen LogP contribution in [0.2, 0.25) is 0 Å². The number of nitrogens with one attached hydrogen (secondary N) is 2. The molecule has 0 fully saturated rings. The molecule has 2 aromatic heterocycles. The Balaban J connectivity index is 1.75. The molecule has 2 aromatic carbocycles. The van der Waals surface area contributed by atoms with Gasteiger partial charge in [0.25, 0.3) is 0 Å². The maximum Gasteiger partial charge on any atom is 0.229 e. The number of aryl methyl sites for hydroxylation is 1. The molecule has 4 aromatic rings. The summed E-state index contributed by atoms with van der Waals surface area (Å²) in [4.78, 5) is 4.61. The van der Waals surface area contributed by atoms with Crippen molar-refractivity contribution in [3.05, 3.63) is 72.4 Å². The molecule has 0 saturated heterocycles. The Labute approximate surface area is 139 Å². The number of pyridine rings is 1. The molecule has 0 saturated carbocycles. The fourth-order valence-electron chi connectivity index (χ4n) is 2.49. The molecule has 0 aliphatic carbocycles. The minimum Gasteiger partial charge on any atom is -0.438 e. The lowest BCUT2D eigenvalue weighted by molar-refractivity contribution is 0.470. The Morgan fingerprint density at radius 3 is 2.62 bits per heavy atom. The van der Waals surface area contributed by atoms with E-state index in [9.17, 15) is 0 Å². The summed E-state index contributed by atoms with van der Waals surface area (Å²) in [6.45, 7) is 2.05. The number of rotatable bonds is 4. The Morgan fingerprint density at radius 2 is 1.83 bits per heavy atom. The van der Waals surface area contributed by atoms with Crippen LogP contribution in [-0.4, -0.2) is 15.2 Å². The van der Waals surface area contributed by atoms with Crippen LogP contribution in [0.5, 0.6) is 11.6 Å². The van der Waals surface area contributed by atoms with Crippen molar-refractivity contribution in [1.29, 1.82) is 0 Å². The second kappa shape index (κ2) is 6.04. The number of H-pyrrole nitrogens is 1. The van der Waals surface area contributed by atoms with E-state index in [1.54, 1.807) is 6.20 Å². The lowest BCUT2D eigenvalue weighted by Gasteiger charge is -2.11. The van der Waals surface area contributed by atoms with E-state index in [0.717, 1.165) is 22.3 Å². The fourth-order valence-corrected chi connectivity index (χ4v) is 2.49. The lowest BCUT2D eigenvalue weighted by Crippen LogP contribution is -1.97. The number of aromatic amines is 1. The molecular weight excluding hydrogens is 300 g/mol. The third-order valence-corrected chi connectivity index (χ3v) is 3.70. The quantitative estimate of drug-likeness (QED) is 0.567. The summed E-state index contributed by atoms with van der Waals surface area (Å²) < 4.78 is 6.03. The minimum atomic E-state index is 0.568. The molecule has 4 rings (SSSR count). The molecule has 0 aliphatic heterocycles. The zero-order chi connectivity index (χ0) is 16.4. The Hall–Kier alpha value is -3.34. The van der Waals surface area contributed by atoms with Crippen LogP contribution in [0.4, 0.5) is 11.6 Å². The smallest absolute Gasteiger partial charge is 0.229 e. The molecule has 0 unspecified atom stereocenters. The van der Waals surface area contributed by atoms with Crippen LogP contribution in [0.3, 0.4) is 0 Å². The number of ether oxygens (including phenoxy) is 1. The molecule has 2 heterocycles. The molecule has 5 nitrogen and oxygen atoms in total. The normalized spacial score (nSPS) is 10.7. The molecule has 0 amide bonds. The van der Waals surface area contributed by atoms with Crippen molar-refractivity contribution in [1.82, 2.24) is 15.2 Å². The lowest BCUT2D eigenvalue weighted by atomic mass is 10.1. The summed E-state index contributed by atoms with van der Waals surface area (Å²) >= 11 is 0. The maximum absolute atomic E-state index is 6.03. The first kappa shape index (κ1) is 14.3. The van der Waals surface area contributed by atoms with Gasteiger partial charge in [-0.05, 0) is 36.6 Å². The Bertz CT molecular complexity index is 963. The van der Waals surface area contributed by atoms with Crippen molar-refractivity contribution in [3.63, 3.8) is 0 Å². The van der Waals surface area contributed by atoms with Gasteiger partial charge in [-0.25, -0.2) is 0 Å². The summed E-state index contributed by atoms with van der Waals surface area (Å²) in [5.41, 5.74) is 1.19. The molecule has 118 valence electrons. The van der Waals surface area contributed by atoms with Crippen molar-refractivity contribution < 1.29 is 4.74 Å². The van der Waals surface area contributed by atoms with Crippen LogP contribution in [0, 0.1) is 6.92 Å². The second-order valence-corrected chi connectivity index (χ2v) is 5.54. The second-order valence-electron chi connectivity index (χ2n) is 5.54. The van der Waals surface area contributed by atoms with Gasteiger partial charge in [-0.15, -0.1) is 0 Å². The number of aromatic nitrogens is 3. The molecule has 24 heavy (non-hydrogen) atoms. The first-order valence-corrected chi connectivity index (χ1v) is 7.69. The molecule has 0 atom stereocenters. The Morgan fingerprint density at radius 1 is 1.00 bits per heavy atom. The molecule has 5 heteroatoms. The molecule has 0 radical (unpaired) electrons. The first-order valence-electron chi connectivity index (χ1n) is 7.69. The first-order chi connectivity index (χ1) is 11.8. The van der Waals surface area contributed by atoms with E-state index >= 15 is 0 Å². The standard InChI is InChI=1S/C19H16N4O/c1-13-6-8-15(9-7-13)24-19-16-5-3-2-4-14(16)12-18(22-19)21-17-10-11-20-23-17/h2-12H,1H3,(H2,20,21,22,23). The zero-order valence-electron chi connectivity index (χ0n) is 13.2. The number of fused-ring (bicyclic) bond motifs is 1. The summed E-state index contributed by atoms with van der Waals surface area (Å²) in [6.07, 6.45) is 1.69. The average Bonchev–Trinajstić information content (AvgIpc) is 3.10. The third-order valence-electron chi connectivity index (χ3n) is 3.70. The van der Waals surface area contributed by atoms with Crippen molar-refractivity contribution in [2.24, 2.45) is 0 Å². The predicted octanol–water partition coefficient (Wildman–Crippen LogP) is 4.80. The van der Waals surface area contributed by atoms with Crippen LogP contribution < -0.4 is 10.1 Å². The van der Waals surface area contributed by atoms with Crippen LogP contribution in [0.1, 0.15) is 5.56 Å². The van der Waals surface area contributed by atoms with Gasteiger partial charge in [0.05, 0.1) is 6.20 Å². The van der Waals surface area contributed by atoms with Crippen LogP contribution in [-0.2, 0) is 0 Å². The van der Waals surface area contributed by atoms with Gasteiger partial charge in [0.2, 0.25) is 5.88 Å². The largest absolute Gasteiger partial charge is 0.438 e. The summed E-state index contributed by atoms with van der Waals surface area (Å²) in [6, 6.07) is 19.8. The number of hydrogen-bond acceptors (Lipinski definition) is 4. The molecule has 0 spiro atoms. The van der Waals surface area contributed by atoms with Crippen molar-refractivity contribution in [3.8, 4) is 11.6 Å². The number of benzene rings is 2. The molecule has 0 aliphatic rings. The molecular formula is C19H16N4O. The van der Waals surface area contributed by atoms with Gasteiger partial charge in [-0.1, -0.05) is 35.9 Å². The van der Waals surface area contributed by atoms with Gasteiger partial charge in [0, 0.05) is 11.5 Å². The van der Waals surface area contributed by atoms with E-state index in [0.29, 0.717) is 11.7 Å². The SMILES string of the molecule is Cc1ccc(Oc2nc(Nc3ccn[nH]3)cc3ccccc23)cc1. The van der Waals surface area contributed by atoms with Gasteiger partial charge in [-0.3, -0.25) is 5.10 Å². The van der Waals surface area contributed by atoms with Crippen LogP contribution >= 0.6 is 0 Å². The van der Waals surface area contributed by atoms with Crippen molar-refractivity contribution in [2.45, 2.75) is 6.92 Å². The van der Waals surface area contributed by atoms with Gasteiger partial charge in [-0.2, -0.15) is 10.1 Å². The van der Waals surface area contributed by atoms with E-state index in [-0.39, 0.29) is 0 Å². The van der Waals surface area contributed by atoms with Crippen LogP contribution in [0.25, 0.3) is 10.8 Å². The highest BCUT2D eigenvalue weighted by molar-refractivity contribution is 5.89. The summed E-state index contributed by atoms with van der Waals surface area (Å²) in [5.74, 6) is 2.80. The number of hydrogen-bond donors (Lipinski definition) is 2. The van der Waals surface area contributed by atoms with Crippen LogP contribution in [0.15, 0.2) is 66.9 Å². The average molecular weight is 316 g/mol. The fraction of sp³-hybridized carbons (Fsp3) is 0.0526. The number of anilines is 2. The monoisotopic (exact) mass is 316 g/mol. The zero-order valence-corrected chi connectivity index (χ0v) is 13.2. The minimum absolute atomic E-state index is 0.568. The van der Waals surface area contributed by atoms with E-state index in [2.05, 4.69) is 20.5 Å². The van der Waals surface area contributed by atoms with Gasteiger partial charge in [0.15, 0.2) is 0 Å². The Kier molecular flexibility index (Phi) is 3.59. The van der Waals surface area contributed by atoms with E-state index in [1.807, 2.05) is 67.6 Å². The van der Waals surface area contributed by atoms with E-state index < -0.39 is 0 Å². The summed E-state index contributed by atoms with van der Waals surface area (Å²) in [7, 11) is 0. The molecule has 2 N–H and O–H groups in total. The summed E-state index contributed by atoms with van der Waals surface area (Å²) in [5, 5.41) is 12.0. The maximum atomic E-state index is 6.03. The molecule has 0 bridgehead atoms. The van der Waals surface area contributed by atoms with E-state index in [4.69, 9.17) is 4.74 Å². The number of nitrogens with zero attached hydrogens (tertiary/aromatic N) is 2. The highest BCUT2D eigenvalue weighted by Crippen LogP contribution is 2.31. The van der Waals surface area contributed by atoms with Gasteiger partial charge < -0.3 is 10.1 Å². The van der Waals surface area contributed by atoms with Crippen molar-refractivity contribution in [2.75, 3.05) is 5.32 Å². The van der Waals surface area contributed by atoms with Gasteiger partial charge in [0.1, 0.15) is 17.4 Å². The van der Waals surface area contributed by atoms with E-state index in [1.165, 1.54) is 5.56 Å². The van der Waals surface area contributed by atoms with Gasteiger partial charge >= 0.3 is 0 Å². The highest BCUT2D eigenvalue weighted by Gasteiger charge is 2.09. The predicted molar refractivity (Wildman–Crippen MR) is 94.9 cm³/mol. The topological polar surface area (TPSA) is 62.8 Å².